The number of rotatable bonds is 10. The van der Waals surface area contributed by atoms with Gasteiger partial charge in [0, 0.05) is 12.1 Å². The number of methoxy groups -OCH3 is 2. The van der Waals surface area contributed by atoms with Gasteiger partial charge in [0.1, 0.15) is 11.5 Å². The first-order valence-corrected chi connectivity index (χ1v) is 9.22. The van der Waals surface area contributed by atoms with E-state index in [1.54, 1.807) is 7.11 Å². The maximum absolute atomic E-state index is 12.4. The zero-order valence-corrected chi connectivity index (χ0v) is 17.0. The van der Waals surface area contributed by atoms with Crippen LogP contribution in [-0.2, 0) is 4.79 Å². The van der Waals surface area contributed by atoms with Crippen LogP contribution in [0.15, 0.2) is 42.5 Å². The van der Waals surface area contributed by atoms with Crippen molar-refractivity contribution in [2.24, 2.45) is 5.92 Å². The van der Waals surface area contributed by atoms with E-state index in [0.717, 1.165) is 17.7 Å². The van der Waals surface area contributed by atoms with Crippen molar-refractivity contribution in [3.05, 3.63) is 58.1 Å². The Labute approximate surface area is 169 Å². The van der Waals surface area contributed by atoms with E-state index in [-0.39, 0.29) is 30.0 Å². The number of hydrogen-bond acceptors (Lipinski definition) is 6. The van der Waals surface area contributed by atoms with Crippen LogP contribution in [0.2, 0.25) is 0 Å². The van der Waals surface area contributed by atoms with Crippen molar-refractivity contribution < 1.29 is 23.9 Å². The minimum Gasteiger partial charge on any atom is -0.497 e. The smallest absolute Gasteiger partial charge is 0.311 e. The predicted molar refractivity (Wildman–Crippen MR) is 108 cm³/mol. The van der Waals surface area contributed by atoms with Crippen molar-refractivity contribution in [1.29, 1.82) is 0 Å². The number of carbonyl (C=O) groups excluding carboxylic acids is 1. The molecule has 0 heterocycles. The molecule has 1 atom stereocenters. The van der Waals surface area contributed by atoms with E-state index < -0.39 is 4.92 Å². The van der Waals surface area contributed by atoms with Crippen molar-refractivity contribution in [3.63, 3.8) is 0 Å². The lowest BCUT2D eigenvalue weighted by atomic mass is 9.97. The highest BCUT2D eigenvalue weighted by Crippen LogP contribution is 2.30. The third kappa shape index (κ3) is 6.38. The van der Waals surface area contributed by atoms with Crippen LogP contribution < -0.4 is 19.5 Å². The van der Waals surface area contributed by atoms with Gasteiger partial charge in [-0.1, -0.05) is 26.0 Å². The minimum atomic E-state index is -0.541. The second kappa shape index (κ2) is 10.3. The first kappa shape index (κ1) is 22.0. The molecule has 2 aromatic rings. The average molecular weight is 402 g/mol. The number of nitro groups is 1. The van der Waals surface area contributed by atoms with Crippen LogP contribution in [-0.4, -0.2) is 31.7 Å². The molecule has 0 aromatic heterocycles. The number of nitrogens with one attached hydrogen (secondary N) is 1. The summed E-state index contributed by atoms with van der Waals surface area (Å²) >= 11 is 0. The summed E-state index contributed by atoms with van der Waals surface area (Å²) < 4.78 is 15.7. The van der Waals surface area contributed by atoms with Gasteiger partial charge in [-0.25, -0.2) is 0 Å². The molecule has 0 saturated heterocycles. The van der Waals surface area contributed by atoms with E-state index in [2.05, 4.69) is 19.2 Å². The largest absolute Gasteiger partial charge is 0.497 e. The monoisotopic (exact) mass is 402 g/mol. The van der Waals surface area contributed by atoms with Gasteiger partial charge in [0.05, 0.1) is 25.2 Å². The molecule has 1 N–H and O–H groups in total. The molecule has 0 radical (unpaired) electrons. The fourth-order valence-electron chi connectivity index (χ4n) is 2.87. The fourth-order valence-corrected chi connectivity index (χ4v) is 2.87. The second-order valence-electron chi connectivity index (χ2n) is 6.90. The number of hydrogen-bond donors (Lipinski definition) is 1. The molecule has 156 valence electrons. The highest BCUT2D eigenvalue weighted by atomic mass is 16.6. The van der Waals surface area contributed by atoms with Gasteiger partial charge in [0.2, 0.25) is 5.75 Å². The molecule has 0 bridgehead atoms. The summed E-state index contributed by atoms with van der Waals surface area (Å²) in [4.78, 5) is 22.8. The standard InChI is InChI=1S/C21H26N2O6/c1-14(2)11-18(15-5-7-16(27-3)8-6-15)22-21(24)13-29-17-9-10-19(23(25)26)20(12-17)28-4/h5-10,12,14,18H,11,13H2,1-4H3,(H,22,24)/t18-/m1/s1. The molecule has 0 aliphatic carbocycles. The van der Waals surface area contributed by atoms with Gasteiger partial charge in [0.25, 0.3) is 5.91 Å². The van der Waals surface area contributed by atoms with E-state index in [1.165, 1.54) is 25.3 Å². The zero-order valence-electron chi connectivity index (χ0n) is 17.0. The molecule has 0 spiro atoms. The highest BCUT2D eigenvalue weighted by Gasteiger charge is 2.18. The third-order valence-electron chi connectivity index (χ3n) is 4.28. The Kier molecular flexibility index (Phi) is 7.82. The van der Waals surface area contributed by atoms with Crippen LogP contribution in [0.25, 0.3) is 0 Å². The fraction of sp³-hybridized carbons (Fsp3) is 0.381. The Morgan fingerprint density at radius 2 is 1.72 bits per heavy atom. The zero-order chi connectivity index (χ0) is 21.4. The van der Waals surface area contributed by atoms with Crippen LogP contribution in [0, 0.1) is 16.0 Å². The van der Waals surface area contributed by atoms with Gasteiger partial charge in [-0.2, -0.15) is 0 Å². The lowest BCUT2D eigenvalue weighted by Crippen LogP contribution is -2.33. The number of ether oxygens (including phenoxy) is 3. The Balaban J connectivity index is 2.03. The highest BCUT2D eigenvalue weighted by molar-refractivity contribution is 5.78. The Morgan fingerprint density at radius 1 is 1.07 bits per heavy atom. The van der Waals surface area contributed by atoms with Gasteiger partial charge in [0.15, 0.2) is 6.61 Å². The van der Waals surface area contributed by atoms with Crippen molar-refractivity contribution in [1.82, 2.24) is 5.32 Å². The number of nitrogens with zero attached hydrogens (tertiary/aromatic N) is 1. The van der Waals surface area contributed by atoms with Crippen LogP contribution in [0.5, 0.6) is 17.2 Å². The van der Waals surface area contributed by atoms with E-state index in [1.807, 2.05) is 24.3 Å². The Hall–Kier alpha value is -3.29. The molecule has 0 aliphatic rings. The van der Waals surface area contributed by atoms with Gasteiger partial charge in [-0.05, 0) is 36.1 Å². The quantitative estimate of drug-likeness (QED) is 0.478. The molecule has 0 aliphatic heterocycles. The van der Waals surface area contributed by atoms with Crippen LogP contribution >= 0.6 is 0 Å². The molecule has 8 heteroatoms. The molecular formula is C21H26N2O6. The van der Waals surface area contributed by atoms with Crippen LogP contribution in [0.1, 0.15) is 31.9 Å². The van der Waals surface area contributed by atoms with Gasteiger partial charge in [-0.15, -0.1) is 0 Å². The van der Waals surface area contributed by atoms with Crippen molar-refractivity contribution in [2.75, 3.05) is 20.8 Å². The summed E-state index contributed by atoms with van der Waals surface area (Å²) in [6, 6.07) is 11.5. The van der Waals surface area contributed by atoms with Crippen molar-refractivity contribution in [2.45, 2.75) is 26.3 Å². The first-order valence-electron chi connectivity index (χ1n) is 9.22. The summed E-state index contributed by atoms with van der Waals surface area (Å²) in [7, 11) is 2.94. The average Bonchev–Trinajstić information content (AvgIpc) is 2.71. The molecule has 1 amide bonds. The molecule has 0 fully saturated rings. The van der Waals surface area contributed by atoms with Crippen LogP contribution in [0.4, 0.5) is 5.69 Å². The summed E-state index contributed by atoms with van der Waals surface area (Å²) in [5, 5.41) is 13.9. The van der Waals surface area contributed by atoms with E-state index in [4.69, 9.17) is 14.2 Å². The molecule has 29 heavy (non-hydrogen) atoms. The van der Waals surface area contributed by atoms with E-state index in [9.17, 15) is 14.9 Å². The third-order valence-corrected chi connectivity index (χ3v) is 4.28. The molecule has 2 aromatic carbocycles. The van der Waals surface area contributed by atoms with Gasteiger partial charge < -0.3 is 19.5 Å². The maximum atomic E-state index is 12.4. The van der Waals surface area contributed by atoms with Gasteiger partial charge >= 0.3 is 5.69 Å². The topological polar surface area (TPSA) is 99.9 Å². The maximum Gasteiger partial charge on any atom is 0.311 e. The predicted octanol–water partition coefficient (Wildman–Crippen LogP) is 3.89. The minimum absolute atomic E-state index is 0.0730. The molecule has 8 nitrogen and oxygen atoms in total. The lowest BCUT2D eigenvalue weighted by molar-refractivity contribution is -0.385. The van der Waals surface area contributed by atoms with E-state index in [0.29, 0.717) is 11.7 Å². The number of nitro benzene ring substituents is 1. The Morgan fingerprint density at radius 3 is 2.28 bits per heavy atom. The summed E-state index contributed by atoms with van der Waals surface area (Å²) in [6.45, 7) is 3.95. The normalized spacial score (nSPS) is 11.6. The van der Waals surface area contributed by atoms with E-state index >= 15 is 0 Å². The second-order valence-corrected chi connectivity index (χ2v) is 6.90. The molecule has 2 rings (SSSR count). The summed E-state index contributed by atoms with van der Waals surface area (Å²) in [6.07, 6.45) is 0.767. The SMILES string of the molecule is COc1ccc([C@@H](CC(C)C)NC(=O)COc2ccc([N+](=O)[O-])c(OC)c2)cc1. The first-order chi connectivity index (χ1) is 13.8. The van der Waals surface area contributed by atoms with Crippen molar-refractivity contribution in [3.8, 4) is 17.2 Å². The van der Waals surface area contributed by atoms with Gasteiger partial charge in [-0.3, -0.25) is 14.9 Å². The summed E-state index contributed by atoms with van der Waals surface area (Å²) in [5.41, 5.74) is 0.811. The molecule has 0 saturated carbocycles. The van der Waals surface area contributed by atoms with Crippen molar-refractivity contribution >= 4 is 11.6 Å². The lowest BCUT2D eigenvalue weighted by Gasteiger charge is -2.21. The van der Waals surface area contributed by atoms with Crippen LogP contribution in [0.3, 0.4) is 0 Å². The molecular weight excluding hydrogens is 376 g/mol. The number of carbonyl (C=O) groups is 1. The Bertz CT molecular complexity index is 836. The number of amides is 1. The summed E-state index contributed by atoms with van der Waals surface area (Å²) in [5.74, 6) is 1.22. The number of benzene rings is 2. The molecule has 0 unspecified atom stereocenters.